The van der Waals surface area contributed by atoms with E-state index in [0.717, 1.165) is 5.56 Å². The van der Waals surface area contributed by atoms with E-state index in [9.17, 15) is 9.59 Å². The van der Waals surface area contributed by atoms with E-state index in [4.69, 9.17) is 0 Å². The Morgan fingerprint density at radius 3 is 2.72 bits per heavy atom. The lowest BCUT2D eigenvalue weighted by Crippen LogP contribution is -2.31. The molecule has 1 aliphatic rings. The predicted molar refractivity (Wildman–Crippen MR) is 67.1 cm³/mol. The molecule has 1 aliphatic heterocycles. The van der Waals surface area contributed by atoms with Crippen LogP contribution in [-0.2, 0) is 20.7 Å². The number of benzene rings is 1. The third-order valence-corrected chi connectivity index (χ3v) is 3.29. The van der Waals surface area contributed by atoms with Gasteiger partial charge in [-0.05, 0) is 12.0 Å². The van der Waals surface area contributed by atoms with Crippen LogP contribution >= 0.6 is 0 Å². The van der Waals surface area contributed by atoms with Crippen molar-refractivity contribution >= 4 is 11.8 Å². The fourth-order valence-electron chi connectivity index (χ4n) is 2.24. The smallest absolute Gasteiger partial charge is 0.322 e. The number of carbonyl (C=O) groups excluding carboxylic acids is 2. The van der Waals surface area contributed by atoms with Crippen LogP contribution < -0.4 is 5.32 Å². The summed E-state index contributed by atoms with van der Waals surface area (Å²) in [5, 5.41) is 3.03. The molecular formula is C14H17NO3. The van der Waals surface area contributed by atoms with Gasteiger partial charge in [-0.1, -0.05) is 30.3 Å². The average molecular weight is 247 g/mol. The third kappa shape index (κ3) is 2.96. The highest BCUT2D eigenvalue weighted by molar-refractivity contribution is 5.85. The molecule has 1 N–H and O–H groups in total. The predicted octanol–water partition coefficient (Wildman–Crippen LogP) is 0.949. The first kappa shape index (κ1) is 12.8. The van der Waals surface area contributed by atoms with Crippen LogP contribution in [0.5, 0.6) is 0 Å². The molecule has 96 valence electrons. The molecule has 0 amide bonds. The second-order valence-corrected chi connectivity index (χ2v) is 4.55. The van der Waals surface area contributed by atoms with Gasteiger partial charge in [0.15, 0.2) is 0 Å². The summed E-state index contributed by atoms with van der Waals surface area (Å²) in [6.07, 6.45) is 0.972. The van der Waals surface area contributed by atoms with Crippen LogP contribution in [0.25, 0.3) is 0 Å². The van der Waals surface area contributed by atoms with Crippen LogP contribution in [0.4, 0.5) is 0 Å². The lowest BCUT2D eigenvalue weighted by atomic mass is 9.95. The number of Topliss-reactive ketones (excluding diaryl/α,β-unsaturated/α-hetero) is 1. The number of nitrogens with one attached hydrogen (secondary N) is 1. The van der Waals surface area contributed by atoms with Gasteiger partial charge in [-0.2, -0.15) is 0 Å². The normalized spacial score (nSPS) is 22.7. The lowest BCUT2D eigenvalue weighted by Gasteiger charge is -2.08. The molecule has 2 rings (SSSR count). The SMILES string of the molecule is COC(=O)C1CC(C(=O)Cc2ccccc2)CN1. The van der Waals surface area contributed by atoms with E-state index in [1.807, 2.05) is 30.3 Å². The van der Waals surface area contributed by atoms with Gasteiger partial charge in [0.25, 0.3) is 0 Å². The monoisotopic (exact) mass is 247 g/mol. The molecule has 1 aromatic rings. The van der Waals surface area contributed by atoms with Crippen molar-refractivity contribution in [1.29, 1.82) is 0 Å². The summed E-state index contributed by atoms with van der Waals surface area (Å²) in [6.45, 7) is 0.561. The van der Waals surface area contributed by atoms with Crippen LogP contribution in [0.15, 0.2) is 30.3 Å². The number of methoxy groups -OCH3 is 1. The Morgan fingerprint density at radius 2 is 2.06 bits per heavy atom. The van der Waals surface area contributed by atoms with Crippen molar-refractivity contribution in [3.63, 3.8) is 0 Å². The second-order valence-electron chi connectivity index (χ2n) is 4.55. The van der Waals surface area contributed by atoms with Crippen molar-refractivity contribution < 1.29 is 14.3 Å². The number of hydrogen-bond donors (Lipinski definition) is 1. The highest BCUT2D eigenvalue weighted by Crippen LogP contribution is 2.18. The number of hydrogen-bond acceptors (Lipinski definition) is 4. The van der Waals surface area contributed by atoms with Gasteiger partial charge in [0.1, 0.15) is 11.8 Å². The maximum atomic E-state index is 12.1. The van der Waals surface area contributed by atoms with E-state index in [1.54, 1.807) is 0 Å². The quantitative estimate of drug-likeness (QED) is 0.805. The molecule has 0 saturated carbocycles. The van der Waals surface area contributed by atoms with Gasteiger partial charge in [0.05, 0.1) is 7.11 Å². The molecule has 4 heteroatoms. The first-order valence-electron chi connectivity index (χ1n) is 6.08. The molecule has 4 nitrogen and oxygen atoms in total. The minimum atomic E-state index is -0.334. The van der Waals surface area contributed by atoms with Crippen molar-refractivity contribution in [3.8, 4) is 0 Å². The molecular weight excluding hydrogens is 230 g/mol. The maximum Gasteiger partial charge on any atom is 0.322 e. The third-order valence-electron chi connectivity index (χ3n) is 3.29. The van der Waals surface area contributed by atoms with Crippen LogP contribution in [0.2, 0.25) is 0 Å². The first-order valence-corrected chi connectivity index (χ1v) is 6.08. The van der Waals surface area contributed by atoms with Crippen molar-refractivity contribution in [2.24, 2.45) is 5.92 Å². The van der Waals surface area contributed by atoms with Gasteiger partial charge in [-0.15, -0.1) is 0 Å². The average Bonchev–Trinajstić information content (AvgIpc) is 2.88. The molecule has 1 saturated heterocycles. The molecule has 0 spiro atoms. The number of ketones is 1. The fourth-order valence-corrected chi connectivity index (χ4v) is 2.24. The van der Waals surface area contributed by atoms with Gasteiger partial charge in [0.2, 0.25) is 0 Å². The van der Waals surface area contributed by atoms with Gasteiger partial charge in [0, 0.05) is 18.9 Å². The number of carbonyl (C=O) groups is 2. The zero-order valence-electron chi connectivity index (χ0n) is 10.4. The number of ether oxygens (including phenoxy) is 1. The van der Waals surface area contributed by atoms with Gasteiger partial charge in [-0.3, -0.25) is 9.59 Å². The Morgan fingerprint density at radius 1 is 1.33 bits per heavy atom. The molecule has 1 fully saturated rings. The number of esters is 1. The zero-order valence-corrected chi connectivity index (χ0v) is 10.4. The van der Waals surface area contributed by atoms with E-state index in [0.29, 0.717) is 19.4 Å². The lowest BCUT2D eigenvalue weighted by molar-refractivity contribution is -0.142. The molecule has 2 unspecified atom stereocenters. The van der Waals surface area contributed by atoms with Crippen LogP contribution in [0.3, 0.4) is 0 Å². The topological polar surface area (TPSA) is 55.4 Å². The Bertz CT molecular complexity index is 430. The van der Waals surface area contributed by atoms with Crippen molar-refractivity contribution in [1.82, 2.24) is 5.32 Å². The Balaban J connectivity index is 1.90. The summed E-state index contributed by atoms with van der Waals surface area (Å²) in [4.78, 5) is 23.4. The molecule has 0 radical (unpaired) electrons. The highest BCUT2D eigenvalue weighted by Gasteiger charge is 2.33. The molecule has 1 aromatic carbocycles. The summed E-state index contributed by atoms with van der Waals surface area (Å²) in [6, 6.07) is 9.33. The first-order chi connectivity index (χ1) is 8.70. The molecule has 0 aliphatic carbocycles. The van der Waals surface area contributed by atoms with E-state index in [1.165, 1.54) is 7.11 Å². The van der Waals surface area contributed by atoms with Crippen molar-refractivity contribution in [2.45, 2.75) is 18.9 Å². The maximum absolute atomic E-state index is 12.1. The molecule has 18 heavy (non-hydrogen) atoms. The zero-order chi connectivity index (χ0) is 13.0. The van der Waals surface area contributed by atoms with Crippen LogP contribution in [-0.4, -0.2) is 31.4 Å². The van der Waals surface area contributed by atoms with E-state index in [-0.39, 0.29) is 23.7 Å². The van der Waals surface area contributed by atoms with Gasteiger partial charge in [-0.25, -0.2) is 0 Å². The minimum absolute atomic E-state index is 0.0886. The highest BCUT2D eigenvalue weighted by atomic mass is 16.5. The summed E-state index contributed by atoms with van der Waals surface area (Å²) in [7, 11) is 1.36. The Labute approximate surface area is 106 Å². The van der Waals surface area contributed by atoms with Gasteiger partial charge >= 0.3 is 5.97 Å². The second kappa shape index (κ2) is 5.78. The number of rotatable bonds is 4. The molecule has 0 aromatic heterocycles. The molecule has 1 heterocycles. The summed E-state index contributed by atoms with van der Waals surface area (Å²) in [5.74, 6) is -0.195. The van der Waals surface area contributed by atoms with Crippen LogP contribution in [0, 0.1) is 5.92 Å². The van der Waals surface area contributed by atoms with Gasteiger partial charge < -0.3 is 10.1 Å². The summed E-state index contributed by atoms with van der Waals surface area (Å²) in [5.41, 5.74) is 1.02. The van der Waals surface area contributed by atoms with Crippen molar-refractivity contribution in [2.75, 3.05) is 13.7 Å². The van der Waals surface area contributed by atoms with E-state index >= 15 is 0 Å². The molecule has 0 bridgehead atoms. The standard InChI is InChI=1S/C14H17NO3/c1-18-14(17)12-8-11(9-15-12)13(16)7-10-5-3-2-4-6-10/h2-6,11-12,15H,7-9H2,1H3. The summed E-state index contributed by atoms with van der Waals surface area (Å²) >= 11 is 0. The van der Waals surface area contributed by atoms with Crippen LogP contribution in [0.1, 0.15) is 12.0 Å². The Hall–Kier alpha value is -1.68. The van der Waals surface area contributed by atoms with E-state index < -0.39 is 0 Å². The fraction of sp³-hybridized carbons (Fsp3) is 0.429. The Kier molecular flexibility index (Phi) is 4.10. The van der Waals surface area contributed by atoms with Crippen molar-refractivity contribution in [3.05, 3.63) is 35.9 Å². The van der Waals surface area contributed by atoms with E-state index in [2.05, 4.69) is 10.1 Å². The largest absolute Gasteiger partial charge is 0.468 e. The molecule has 2 atom stereocenters. The minimum Gasteiger partial charge on any atom is -0.468 e. The summed E-state index contributed by atoms with van der Waals surface area (Å²) < 4.78 is 4.67.